The molecule has 0 bridgehead atoms. The average Bonchev–Trinajstić information content (AvgIpc) is 3.00. The van der Waals surface area contributed by atoms with Crippen molar-refractivity contribution in [2.45, 2.75) is 25.9 Å². The van der Waals surface area contributed by atoms with E-state index in [0.29, 0.717) is 6.54 Å². The fourth-order valence-electron chi connectivity index (χ4n) is 1.71. The number of hydrogen-bond acceptors (Lipinski definition) is 4. The van der Waals surface area contributed by atoms with Gasteiger partial charge in [-0.3, -0.25) is 0 Å². The van der Waals surface area contributed by atoms with Crippen molar-refractivity contribution in [2.24, 2.45) is 5.73 Å². The number of thiophene rings is 2. The Morgan fingerprint density at radius 2 is 2.18 bits per heavy atom. The molecule has 0 saturated carbocycles. The molecular formula is C13H18N2S2. The monoisotopic (exact) mass is 266 g/mol. The van der Waals surface area contributed by atoms with Gasteiger partial charge in [-0.05, 0) is 30.0 Å². The van der Waals surface area contributed by atoms with Gasteiger partial charge in [0.05, 0.1) is 6.04 Å². The third-order valence-corrected chi connectivity index (χ3v) is 4.93. The maximum atomic E-state index is 5.84. The quantitative estimate of drug-likeness (QED) is 0.843. The van der Waals surface area contributed by atoms with Crippen LogP contribution in [0.5, 0.6) is 0 Å². The van der Waals surface area contributed by atoms with Crippen LogP contribution < -0.4 is 11.1 Å². The highest BCUT2D eigenvalue weighted by atomic mass is 32.1. The van der Waals surface area contributed by atoms with Gasteiger partial charge in [0.25, 0.3) is 0 Å². The van der Waals surface area contributed by atoms with E-state index in [1.165, 1.54) is 14.6 Å². The van der Waals surface area contributed by atoms with E-state index >= 15 is 0 Å². The van der Waals surface area contributed by atoms with Crippen molar-refractivity contribution >= 4 is 22.7 Å². The lowest BCUT2D eigenvalue weighted by Gasteiger charge is -2.14. The summed E-state index contributed by atoms with van der Waals surface area (Å²) >= 11 is 3.64. The summed E-state index contributed by atoms with van der Waals surface area (Å²) in [5.41, 5.74) is 5.84. The molecule has 0 saturated heterocycles. The first-order chi connectivity index (χ1) is 8.33. The van der Waals surface area contributed by atoms with Crippen LogP contribution in [0.4, 0.5) is 0 Å². The number of aryl methyl sites for hydroxylation is 1. The lowest BCUT2D eigenvalue weighted by molar-refractivity contribution is 0.553. The summed E-state index contributed by atoms with van der Waals surface area (Å²) in [5.74, 6) is 0. The van der Waals surface area contributed by atoms with Crippen LogP contribution in [0.25, 0.3) is 0 Å². The fourth-order valence-corrected chi connectivity index (χ4v) is 3.41. The fraction of sp³-hybridized carbons (Fsp3) is 0.385. The molecule has 1 atom stereocenters. The SMILES string of the molecule is CCc1ccc(C(CN)NCc2cccs2)s1. The Balaban J connectivity index is 1.96. The molecule has 0 aromatic carbocycles. The molecule has 0 aliphatic heterocycles. The zero-order chi connectivity index (χ0) is 12.1. The van der Waals surface area contributed by atoms with E-state index in [1.807, 2.05) is 11.3 Å². The Morgan fingerprint density at radius 1 is 1.29 bits per heavy atom. The molecule has 0 aliphatic rings. The van der Waals surface area contributed by atoms with E-state index in [-0.39, 0.29) is 6.04 Å². The Bertz CT molecular complexity index is 434. The summed E-state index contributed by atoms with van der Waals surface area (Å²) in [6.07, 6.45) is 1.10. The van der Waals surface area contributed by atoms with E-state index in [9.17, 15) is 0 Å². The van der Waals surface area contributed by atoms with Crippen LogP contribution in [0.15, 0.2) is 29.6 Å². The predicted molar refractivity (Wildman–Crippen MR) is 76.7 cm³/mol. The van der Waals surface area contributed by atoms with Gasteiger partial charge < -0.3 is 11.1 Å². The molecule has 2 rings (SSSR count). The van der Waals surface area contributed by atoms with Gasteiger partial charge in [0.15, 0.2) is 0 Å². The zero-order valence-electron chi connectivity index (χ0n) is 9.98. The molecule has 0 radical (unpaired) electrons. The van der Waals surface area contributed by atoms with Crippen molar-refractivity contribution < 1.29 is 0 Å². The second kappa shape index (κ2) is 6.31. The molecule has 92 valence electrons. The lowest BCUT2D eigenvalue weighted by Crippen LogP contribution is -2.26. The molecule has 0 aliphatic carbocycles. The highest BCUT2D eigenvalue weighted by molar-refractivity contribution is 7.12. The second-order valence-electron chi connectivity index (χ2n) is 3.91. The third-order valence-electron chi connectivity index (χ3n) is 2.71. The smallest absolute Gasteiger partial charge is 0.0542 e. The lowest BCUT2D eigenvalue weighted by atomic mass is 10.2. The van der Waals surface area contributed by atoms with Crippen LogP contribution in [0.2, 0.25) is 0 Å². The summed E-state index contributed by atoms with van der Waals surface area (Å²) in [7, 11) is 0. The van der Waals surface area contributed by atoms with Gasteiger partial charge in [-0.25, -0.2) is 0 Å². The second-order valence-corrected chi connectivity index (χ2v) is 6.14. The molecule has 2 nitrogen and oxygen atoms in total. The number of nitrogens with two attached hydrogens (primary N) is 1. The topological polar surface area (TPSA) is 38.0 Å². The van der Waals surface area contributed by atoms with Gasteiger partial charge >= 0.3 is 0 Å². The van der Waals surface area contributed by atoms with Crippen molar-refractivity contribution in [1.29, 1.82) is 0 Å². The Labute approximate surface area is 110 Å². The Hall–Kier alpha value is -0.680. The van der Waals surface area contributed by atoms with Gasteiger partial charge in [-0.15, -0.1) is 22.7 Å². The van der Waals surface area contributed by atoms with E-state index < -0.39 is 0 Å². The summed E-state index contributed by atoms with van der Waals surface area (Å²) in [6, 6.07) is 8.91. The molecular weight excluding hydrogens is 248 g/mol. The molecule has 0 fully saturated rings. The normalized spacial score (nSPS) is 12.8. The number of hydrogen-bond donors (Lipinski definition) is 2. The maximum Gasteiger partial charge on any atom is 0.0542 e. The highest BCUT2D eigenvalue weighted by Gasteiger charge is 2.11. The van der Waals surface area contributed by atoms with Crippen molar-refractivity contribution in [3.63, 3.8) is 0 Å². The molecule has 3 N–H and O–H groups in total. The van der Waals surface area contributed by atoms with Crippen LogP contribution >= 0.6 is 22.7 Å². The van der Waals surface area contributed by atoms with Gasteiger partial charge in [0.1, 0.15) is 0 Å². The first-order valence-electron chi connectivity index (χ1n) is 5.88. The first kappa shape index (κ1) is 12.8. The summed E-state index contributed by atoms with van der Waals surface area (Å²) in [5, 5.41) is 5.63. The maximum absolute atomic E-state index is 5.84. The molecule has 2 aromatic heterocycles. The van der Waals surface area contributed by atoms with E-state index in [0.717, 1.165) is 13.0 Å². The standard InChI is InChI=1S/C13H18N2S2/c1-2-10-5-6-13(17-10)12(8-14)15-9-11-4-3-7-16-11/h3-7,12,15H,2,8-9,14H2,1H3. The molecule has 1 unspecified atom stereocenters. The van der Waals surface area contributed by atoms with Crippen molar-refractivity contribution in [1.82, 2.24) is 5.32 Å². The van der Waals surface area contributed by atoms with E-state index in [1.54, 1.807) is 11.3 Å². The minimum Gasteiger partial charge on any atom is -0.329 e. The van der Waals surface area contributed by atoms with Crippen molar-refractivity contribution in [3.05, 3.63) is 44.3 Å². The molecule has 0 amide bonds. The average molecular weight is 266 g/mol. The summed E-state index contributed by atoms with van der Waals surface area (Å²) in [6.45, 7) is 3.74. The molecule has 2 aromatic rings. The summed E-state index contributed by atoms with van der Waals surface area (Å²) < 4.78 is 0. The van der Waals surface area contributed by atoms with Crippen molar-refractivity contribution in [2.75, 3.05) is 6.54 Å². The van der Waals surface area contributed by atoms with E-state index in [2.05, 4.69) is 41.9 Å². The number of nitrogens with one attached hydrogen (secondary N) is 1. The van der Waals surface area contributed by atoms with Crippen molar-refractivity contribution in [3.8, 4) is 0 Å². The highest BCUT2D eigenvalue weighted by Crippen LogP contribution is 2.23. The zero-order valence-corrected chi connectivity index (χ0v) is 11.6. The van der Waals surface area contributed by atoms with Crippen LogP contribution in [0.1, 0.15) is 27.6 Å². The number of rotatable bonds is 6. The Morgan fingerprint density at radius 3 is 2.76 bits per heavy atom. The molecule has 17 heavy (non-hydrogen) atoms. The van der Waals surface area contributed by atoms with E-state index in [4.69, 9.17) is 5.73 Å². The third kappa shape index (κ3) is 3.39. The minimum atomic E-state index is 0.280. The van der Waals surface area contributed by atoms with Crippen LogP contribution in [0.3, 0.4) is 0 Å². The molecule has 2 heterocycles. The first-order valence-corrected chi connectivity index (χ1v) is 7.57. The van der Waals surface area contributed by atoms with Gasteiger partial charge in [-0.1, -0.05) is 13.0 Å². The largest absolute Gasteiger partial charge is 0.329 e. The predicted octanol–water partition coefficient (Wildman–Crippen LogP) is 3.16. The van der Waals surface area contributed by atoms with Crippen LogP contribution in [0, 0.1) is 0 Å². The van der Waals surface area contributed by atoms with Gasteiger partial charge in [0, 0.05) is 27.7 Å². The Kier molecular flexibility index (Phi) is 4.74. The van der Waals surface area contributed by atoms with Crippen LogP contribution in [-0.4, -0.2) is 6.54 Å². The summed E-state index contributed by atoms with van der Waals surface area (Å²) in [4.78, 5) is 4.13. The minimum absolute atomic E-state index is 0.280. The van der Waals surface area contributed by atoms with Gasteiger partial charge in [-0.2, -0.15) is 0 Å². The van der Waals surface area contributed by atoms with Gasteiger partial charge in [0.2, 0.25) is 0 Å². The van der Waals surface area contributed by atoms with Crippen LogP contribution in [-0.2, 0) is 13.0 Å². The molecule has 0 spiro atoms. The molecule has 4 heteroatoms.